The molecule has 0 radical (unpaired) electrons. The molecule has 0 N–H and O–H groups in total. The molecule has 2 heterocycles. The number of imidazole rings is 1. The highest BCUT2D eigenvalue weighted by Crippen LogP contribution is 2.32. The van der Waals surface area contributed by atoms with Gasteiger partial charge in [-0.15, -0.1) is 11.6 Å². The maximum atomic E-state index is 13.8. The lowest BCUT2D eigenvalue weighted by molar-refractivity contribution is 0.625. The highest BCUT2D eigenvalue weighted by molar-refractivity contribution is 6.32. The normalized spacial score (nSPS) is 11.0. The summed E-state index contributed by atoms with van der Waals surface area (Å²) >= 11 is 12.0. The number of benzene rings is 1. The molecule has 0 unspecified atom stereocenters. The first kappa shape index (κ1) is 16.9. The molecular weight excluding hydrogens is 348 g/mol. The number of aromatic nitrogens is 3. The molecule has 0 fully saturated rings. The van der Waals surface area contributed by atoms with Crippen LogP contribution in [0.15, 0.2) is 49.3 Å². The summed E-state index contributed by atoms with van der Waals surface area (Å²) in [6.45, 7) is 0.673. The van der Waals surface area contributed by atoms with Crippen LogP contribution in [-0.2, 0) is 13.0 Å². The number of rotatable bonds is 6. The number of alkyl halides is 1. The van der Waals surface area contributed by atoms with Crippen LogP contribution in [0.3, 0.4) is 0 Å². The Morgan fingerprint density at radius 2 is 2.04 bits per heavy atom. The Morgan fingerprint density at radius 1 is 1.17 bits per heavy atom. The second kappa shape index (κ2) is 7.77. The third-order valence-corrected chi connectivity index (χ3v) is 4.46. The zero-order chi connectivity index (χ0) is 16.9. The molecule has 0 aliphatic carbocycles. The number of halogens is 3. The highest BCUT2D eigenvalue weighted by atomic mass is 35.5. The molecule has 6 heteroatoms. The summed E-state index contributed by atoms with van der Waals surface area (Å²) in [4.78, 5) is 8.36. The van der Waals surface area contributed by atoms with Gasteiger partial charge >= 0.3 is 0 Å². The molecule has 0 aliphatic rings. The fourth-order valence-electron chi connectivity index (χ4n) is 2.66. The van der Waals surface area contributed by atoms with E-state index >= 15 is 0 Å². The fourth-order valence-corrected chi connectivity index (χ4v) is 3.06. The van der Waals surface area contributed by atoms with Gasteiger partial charge in [0.1, 0.15) is 5.82 Å². The Bertz CT molecular complexity index is 819. The van der Waals surface area contributed by atoms with Crippen molar-refractivity contribution in [2.75, 3.05) is 5.88 Å². The molecular formula is C18H16Cl2FN3. The highest BCUT2D eigenvalue weighted by Gasteiger charge is 2.14. The predicted molar refractivity (Wildman–Crippen MR) is 95.0 cm³/mol. The van der Waals surface area contributed by atoms with Crippen molar-refractivity contribution in [2.45, 2.75) is 19.4 Å². The first-order chi connectivity index (χ1) is 11.7. The number of hydrogen-bond donors (Lipinski definition) is 0. The Hall–Kier alpha value is -1.91. The topological polar surface area (TPSA) is 30.7 Å². The lowest BCUT2D eigenvalue weighted by Crippen LogP contribution is -1.99. The van der Waals surface area contributed by atoms with E-state index in [1.54, 1.807) is 24.8 Å². The molecule has 3 rings (SSSR count). The van der Waals surface area contributed by atoms with Crippen molar-refractivity contribution in [3.8, 4) is 11.1 Å². The van der Waals surface area contributed by atoms with E-state index in [4.69, 9.17) is 23.2 Å². The van der Waals surface area contributed by atoms with Crippen LogP contribution < -0.4 is 0 Å². The predicted octanol–water partition coefficient (Wildman–Crippen LogP) is 4.96. The lowest BCUT2D eigenvalue weighted by Gasteiger charge is -2.13. The van der Waals surface area contributed by atoms with E-state index in [1.807, 2.05) is 23.0 Å². The summed E-state index contributed by atoms with van der Waals surface area (Å²) < 4.78 is 15.8. The van der Waals surface area contributed by atoms with E-state index in [0.717, 1.165) is 28.7 Å². The number of pyridine rings is 1. The van der Waals surface area contributed by atoms with Crippen LogP contribution in [0, 0.1) is 5.82 Å². The van der Waals surface area contributed by atoms with Crippen LogP contribution in [0.25, 0.3) is 11.1 Å². The molecule has 0 saturated heterocycles. The molecule has 124 valence electrons. The average molecular weight is 364 g/mol. The molecule has 0 saturated carbocycles. The first-order valence-corrected chi connectivity index (χ1v) is 8.53. The Morgan fingerprint density at radius 3 is 2.79 bits per heavy atom. The summed E-state index contributed by atoms with van der Waals surface area (Å²) in [6.07, 6.45) is 10.3. The SMILES string of the molecule is Fc1ccc(-c2cncc(Cn3ccnc3)c2)c(CCCCl)c1Cl. The van der Waals surface area contributed by atoms with Gasteiger partial charge in [-0.1, -0.05) is 17.7 Å². The van der Waals surface area contributed by atoms with Gasteiger partial charge < -0.3 is 4.57 Å². The summed E-state index contributed by atoms with van der Waals surface area (Å²) in [7, 11) is 0. The average Bonchev–Trinajstić information content (AvgIpc) is 3.09. The van der Waals surface area contributed by atoms with Crippen molar-refractivity contribution in [3.05, 3.63) is 71.3 Å². The zero-order valence-corrected chi connectivity index (χ0v) is 14.4. The monoisotopic (exact) mass is 363 g/mol. The van der Waals surface area contributed by atoms with Crippen molar-refractivity contribution in [3.63, 3.8) is 0 Å². The van der Waals surface area contributed by atoms with Crippen molar-refractivity contribution in [2.24, 2.45) is 0 Å². The van der Waals surface area contributed by atoms with Gasteiger partial charge in [0.2, 0.25) is 0 Å². The van der Waals surface area contributed by atoms with Gasteiger partial charge in [0, 0.05) is 36.2 Å². The molecule has 0 bridgehead atoms. The quantitative estimate of drug-likeness (QED) is 0.579. The first-order valence-electron chi connectivity index (χ1n) is 7.62. The van der Waals surface area contributed by atoms with E-state index in [0.29, 0.717) is 18.8 Å². The Balaban J connectivity index is 1.97. The van der Waals surface area contributed by atoms with Crippen molar-refractivity contribution >= 4 is 23.2 Å². The molecule has 2 aromatic heterocycles. The van der Waals surface area contributed by atoms with Gasteiger partial charge in [-0.05, 0) is 41.7 Å². The third-order valence-electron chi connectivity index (χ3n) is 3.79. The van der Waals surface area contributed by atoms with E-state index in [2.05, 4.69) is 9.97 Å². The molecule has 0 aliphatic heterocycles. The minimum atomic E-state index is -0.410. The third kappa shape index (κ3) is 3.77. The summed E-state index contributed by atoms with van der Waals surface area (Å²) in [5.74, 6) is 0.0955. The molecule has 0 atom stereocenters. The fraction of sp³-hybridized carbons (Fsp3) is 0.222. The van der Waals surface area contributed by atoms with E-state index in [9.17, 15) is 4.39 Å². The molecule has 1 aromatic carbocycles. The number of hydrogen-bond acceptors (Lipinski definition) is 2. The van der Waals surface area contributed by atoms with Gasteiger partial charge in [0.05, 0.1) is 17.9 Å². The largest absolute Gasteiger partial charge is 0.333 e. The summed E-state index contributed by atoms with van der Waals surface area (Å²) in [5.41, 5.74) is 3.62. The van der Waals surface area contributed by atoms with Crippen molar-refractivity contribution in [1.82, 2.24) is 14.5 Å². The summed E-state index contributed by atoms with van der Waals surface area (Å²) in [6, 6.07) is 5.19. The second-order valence-corrected chi connectivity index (χ2v) is 6.25. The van der Waals surface area contributed by atoms with Gasteiger partial charge in [-0.3, -0.25) is 4.98 Å². The smallest absolute Gasteiger partial charge is 0.142 e. The molecule has 3 aromatic rings. The standard InChI is InChI=1S/C18H16Cl2FN3/c19-5-1-2-16-15(3-4-17(21)18(16)20)14-8-13(9-23-10-14)11-24-7-6-22-12-24/h3-4,6-10,12H,1-2,5,11H2. The van der Waals surface area contributed by atoms with Crippen molar-refractivity contribution < 1.29 is 4.39 Å². The Kier molecular flexibility index (Phi) is 5.48. The van der Waals surface area contributed by atoms with Crippen LogP contribution in [0.5, 0.6) is 0 Å². The van der Waals surface area contributed by atoms with E-state index < -0.39 is 5.82 Å². The van der Waals surface area contributed by atoms with E-state index in [1.165, 1.54) is 6.07 Å². The van der Waals surface area contributed by atoms with Crippen LogP contribution in [0.1, 0.15) is 17.5 Å². The molecule has 0 amide bonds. The van der Waals surface area contributed by atoms with Crippen LogP contribution in [0.4, 0.5) is 4.39 Å². The van der Waals surface area contributed by atoms with Gasteiger partial charge in [0.15, 0.2) is 0 Å². The maximum Gasteiger partial charge on any atom is 0.142 e. The minimum absolute atomic E-state index is 0.164. The lowest BCUT2D eigenvalue weighted by atomic mass is 9.97. The van der Waals surface area contributed by atoms with Crippen LogP contribution in [-0.4, -0.2) is 20.4 Å². The molecule has 0 spiro atoms. The second-order valence-electron chi connectivity index (χ2n) is 5.50. The van der Waals surface area contributed by atoms with E-state index in [-0.39, 0.29) is 5.02 Å². The molecule has 24 heavy (non-hydrogen) atoms. The minimum Gasteiger partial charge on any atom is -0.333 e. The van der Waals surface area contributed by atoms with Crippen molar-refractivity contribution in [1.29, 1.82) is 0 Å². The summed E-state index contributed by atoms with van der Waals surface area (Å²) in [5, 5.41) is 0.164. The zero-order valence-electron chi connectivity index (χ0n) is 12.9. The van der Waals surface area contributed by atoms with Gasteiger partial charge in [-0.25, -0.2) is 9.37 Å². The number of nitrogens with zero attached hydrogens (tertiary/aromatic N) is 3. The van der Waals surface area contributed by atoms with Crippen LogP contribution >= 0.6 is 23.2 Å². The molecule has 3 nitrogen and oxygen atoms in total. The van der Waals surface area contributed by atoms with Crippen LogP contribution in [0.2, 0.25) is 5.02 Å². The Labute approximate surface area is 150 Å². The maximum absolute atomic E-state index is 13.8. The van der Waals surface area contributed by atoms with Gasteiger partial charge in [0.25, 0.3) is 0 Å². The van der Waals surface area contributed by atoms with Gasteiger partial charge in [-0.2, -0.15) is 0 Å².